The maximum absolute atomic E-state index is 11.4. The number of nitrogens with one attached hydrogen (secondary N) is 2. The summed E-state index contributed by atoms with van der Waals surface area (Å²) in [6, 6.07) is 0. The highest BCUT2D eigenvalue weighted by atomic mass is 32.2. The zero-order valence-electron chi connectivity index (χ0n) is 8.65. The summed E-state index contributed by atoms with van der Waals surface area (Å²) in [5.74, 6) is -1.45. The maximum atomic E-state index is 11.4. The fourth-order valence-corrected chi connectivity index (χ4v) is 2.14. The summed E-state index contributed by atoms with van der Waals surface area (Å²) in [5.41, 5.74) is 0.350. The Labute approximate surface area is 93.0 Å². The van der Waals surface area contributed by atoms with Crippen molar-refractivity contribution >= 4 is 21.7 Å². The number of aromatic amines is 1. The first kappa shape index (κ1) is 12.3. The van der Waals surface area contributed by atoms with E-state index in [1.54, 1.807) is 6.92 Å². The maximum Gasteiger partial charge on any atom is 0.339 e. The molecule has 0 radical (unpaired) electrons. The first-order chi connectivity index (χ1) is 7.37. The molecule has 7 heteroatoms. The van der Waals surface area contributed by atoms with Gasteiger partial charge >= 0.3 is 5.97 Å². The molecule has 0 aliphatic heterocycles. The van der Waals surface area contributed by atoms with Gasteiger partial charge in [0.2, 0.25) is 10.0 Å². The Bertz CT molecular complexity index is 516. The smallest absolute Gasteiger partial charge is 0.339 e. The molecule has 1 aromatic rings. The predicted octanol–water partition coefficient (Wildman–Crippen LogP) is 0.949. The monoisotopic (exact) mass is 244 g/mol. The second-order valence-electron chi connectivity index (χ2n) is 3.18. The van der Waals surface area contributed by atoms with E-state index < -0.39 is 16.0 Å². The highest BCUT2D eigenvalue weighted by Crippen LogP contribution is 2.20. The number of carbonyl (C=O) groups is 1. The van der Waals surface area contributed by atoms with E-state index in [2.05, 4.69) is 16.3 Å². The average molecular weight is 244 g/mol. The number of H-pyrrole nitrogens is 1. The second-order valence-corrected chi connectivity index (χ2v) is 4.95. The minimum Gasteiger partial charge on any atom is -0.478 e. The summed E-state index contributed by atoms with van der Waals surface area (Å²) in [7, 11) is -3.58. The summed E-state index contributed by atoms with van der Waals surface area (Å²) in [6.07, 6.45) is 2.53. The van der Waals surface area contributed by atoms with E-state index in [4.69, 9.17) is 5.11 Å². The average Bonchev–Trinajstić information content (AvgIpc) is 2.45. The van der Waals surface area contributed by atoms with Crippen molar-refractivity contribution in [3.05, 3.63) is 30.1 Å². The topological polar surface area (TPSA) is 99.3 Å². The van der Waals surface area contributed by atoms with Gasteiger partial charge in [0, 0.05) is 11.9 Å². The number of carboxylic acid groups (broad SMARTS) is 1. The van der Waals surface area contributed by atoms with Crippen LogP contribution in [0.1, 0.15) is 16.1 Å². The van der Waals surface area contributed by atoms with Gasteiger partial charge in [-0.3, -0.25) is 4.72 Å². The zero-order valence-corrected chi connectivity index (χ0v) is 9.47. The van der Waals surface area contributed by atoms with Crippen molar-refractivity contribution in [2.75, 3.05) is 10.5 Å². The molecule has 1 aromatic heterocycles. The van der Waals surface area contributed by atoms with Crippen molar-refractivity contribution in [2.45, 2.75) is 6.92 Å². The van der Waals surface area contributed by atoms with Gasteiger partial charge in [-0.05, 0) is 6.92 Å². The molecule has 0 saturated carbocycles. The molecule has 0 bridgehead atoms. The summed E-state index contributed by atoms with van der Waals surface area (Å²) < 4.78 is 25.0. The Morgan fingerprint density at radius 3 is 2.81 bits per heavy atom. The van der Waals surface area contributed by atoms with Gasteiger partial charge in [0.05, 0.1) is 11.4 Å². The number of sulfonamides is 1. The fourth-order valence-electron chi connectivity index (χ4n) is 1.25. The lowest BCUT2D eigenvalue weighted by Crippen LogP contribution is -2.16. The lowest BCUT2D eigenvalue weighted by Gasteiger charge is -2.05. The minimum atomic E-state index is -3.58. The molecular weight excluding hydrogens is 232 g/mol. The van der Waals surface area contributed by atoms with Gasteiger partial charge in [0.15, 0.2) is 0 Å². The van der Waals surface area contributed by atoms with E-state index in [-0.39, 0.29) is 17.0 Å². The third kappa shape index (κ3) is 2.63. The van der Waals surface area contributed by atoms with Crippen LogP contribution in [-0.4, -0.2) is 30.2 Å². The molecule has 0 aromatic carbocycles. The molecule has 0 amide bonds. The molecule has 0 fully saturated rings. The Morgan fingerprint density at radius 2 is 2.31 bits per heavy atom. The molecule has 0 aliphatic rings. The van der Waals surface area contributed by atoms with Crippen LogP contribution < -0.4 is 4.72 Å². The van der Waals surface area contributed by atoms with Crippen LogP contribution in [0.25, 0.3) is 0 Å². The van der Waals surface area contributed by atoms with Crippen molar-refractivity contribution in [3.8, 4) is 0 Å². The fraction of sp³-hybridized carbons (Fsp3) is 0.222. The molecule has 0 unspecified atom stereocenters. The van der Waals surface area contributed by atoms with Crippen LogP contribution in [0.4, 0.5) is 5.69 Å². The first-order valence-corrected chi connectivity index (χ1v) is 6.05. The highest BCUT2D eigenvalue weighted by Gasteiger charge is 2.18. The molecule has 88 valence electrons. The van der Waals surface area contributed by atoms with Crippen LogP contribution in [0.3, 0.4) is 0 Å². The molecule has 0 saturated heterocycles. The quantitative estimate of drug-likeness (QED) is 0.671. The third-order valence-corrected chi connectivity index (χ3v) is 3.10. The minimum absolute atomic E-state index is 0.0341. The van der Waals surface area contributed by atoms with Crippen molar-refractivity contribution in [1.82, 2.24) is 4.98 Å². The van der Waals surface area contributed by atoms with Crippen molar-refractivity contribution in [1.29, 1.82) is 0 Å². The number of anilines is 1. The molecule has 0 atom stereocenters. The van der Waals surface area contributed by atoms with Gasteiger partial charge in [0.25, 0.3) is 0 Å². The van der Waals surface area contributed by atoms with Gasteiger partial charge < -0.3 is 10.1 Å². The second kappa shape index (κ2) is 4.40. The molecule has 1 rings (SSSR count). The van der Waals surface area contributed by atoms with Crippen LogP contribution in [0.5, 0.6) is 0 Å². The number of hydrogen-bond donors (Lipinski definition) is 3. The van der Waals surface area contributed by atoms with Crippen molar-refractivity contribution in [3.63, 3.8) is 0 Å². The SMILES string of the molecule is C=CCS(=O)(=O)Nc1c[nH]c(C)c1C(=O)O. The van der Waals surface area contributed by atoms with Gasteiger partial charge in [-0.25, -0.2) is 13.2 Å². The Hall–Kier alpha value is -1.76. The van der Waals surface area contributed by atoms with Gasteiger partial charge in [-0.1, -0.05) is 6.08 Å². The van der Waals surface area contributed by atoms with E-state index in [9.17, 15) is 13.2 Å². The standard InChI is InChI=1S/C9H12N2O4S/c1-3-4-16(14,15)11-7-5-10-6(2)8(7)9(12)13/h3,5,10-11H,1,4H2,2H3,(H,12,13). The normalized spacial score (nSPS) is 11.1. The van der Waals surface area contributed by atoms with E-state index >= 15 is 0 Å². The van der Waals surface area contributed by atoms with E-state index in [1.165, 1.54) is 12.3 Å². The molecular formula is C9H12N2O4S. The molecule has 1 heterocycles. The highest BCUT2D eigenvalue weighted by molar-refractivity contribution is 7.92. The molecule has 16 heavy (non-hydrogen) atoms. The summed E-state index contributed by atoms with van der Waals surface area (Å²) in [5, 5.41) is 8.89. The Kier molecular flexibility index (Phi) is 3.38. The number of aromatic carboxylic acids is 1. The number of rotatable bonds is 5. The van der Waals surface area contributed by atoms with Gasteiger partial charge in [0.1, 0.15) is 5.56 Å². The summed E-state index contributed by atoms with van der Waals surface area (Å²) in [4.78, 5) is 13.5. The van der Waals surface area contributed by atoms with Crippen molar-refractivity contribution in [2.24, 2.45) is 0 Å². The van der Waals surface area contributed by atoms with E-state index in [1.807, 2.05) is 0 Å². The molecule has 0 spiro atoms. The number of hydrogen-bond acceptors (Lipinski definition) is 3. The molecule has 6 nitrogen and oxygen atoms in total. The van der Waals surface area contributed by atoms with Gasteiger partial charge in [-0.2, -0.15) is 0 Å². The third-order valence-electron chi connectivity index (χ3n) is 1.89. The van der Waals surface area contributed by atoms with Crippen LogP contribution in [0, 0.1) is 6.92 Å². The van der Waals surface area contributed by atoms with E-state index in [0.717, 1.165) is 0 Å². The largest absolute Gasteiger partial charge is 0.478 e. The Balaban J connectivity index is 3.07. The summed E-state index contributed by atoms with van der Waals surface area (Å²) in [6.45, 7) is 4.86. The van der Waals surface area contributed by atoms with E-state index in [0.29, 0.717) is 5.69 Å². The number of aryl methyl sites for hydroxylation is 1. The molecule has 0 aliphatic carbocycles. The predicted molar refractivity (Wildman–Crippen MR) is 60.1 cm³/mol. The number of carboxylic acids is 1. The summed E-state index contributed by atoms with van der Waals surface area (Å²) >= 11 is 0. The van der Waals surface area contributed by atoms with Crippen molar-refractivity contribution < 1.29 is 18.3 Å². The molecule has 3 N–H and O–H groups in total. The lowest BCUT2D eigenvalue weighted by molar-refractivity contribution is 0.0697. The number of aromatic nitrogens is 1. The van der Waals surface area contributed by atoms with Crippen LogP contribution in [0.15, 0.2) is 18.9 Å². The van der Waals surface area contributed by atoms with Crippen LogP contribution in [0.2, 0.25) is 0 Å². The Morgan fingerprint density at radius 1 is 1.69 bits per heavy atom. The zero-order chi connectivity index (χ0) is 12.3. The van der Waals surface area contributed by atoms with Crippen LogP contribution >= 0.6 is 0 Å². The lowest BCUT2D eigenvalue weighted by atomic mass is 10.2. The first-order valence-electron chi connectivity index (χ1n) is 4.40. The van der Waals surface area contributed by atoms with Gasteiger partial charge in [-0.15, -0.1) is 6.58 Å². The van der Waals surface area contributed by atoms with Crippen LogP contribution in [-0.2, 0) is 10.0 Å².